The van der Waals surface area contributed by atoms with E-state index >= 15 is 0 Å². The number of aromatic nitrogens is 2. The van der Waals surface area contributed by atoms with Gasteiger partial charge in [-0.25, -0.2) is 4.98 Å². The lowest BCUT2D eigenvalue weighted by Gasteiger charge is -2.31. The molecule has 3 rings (SSSR count). The molecule has 1 atom stereocenters. The van der Waals surface area contributed by atoms with Gasteiger partial charge >= 0.3 is 0 Å². The molecule has 0 bridgehead atoms. The molecule has 6 heteroatoms. The molecule has 1 aliphatic rings. The molecule has 1 fully saturated rings. The van der Waals surface area contributed by atoms with E-state index < -0.39 is 0 Å². The summed E-state index contributed by atoms with van der Waals surface area (Å²) in [5.41, 5.74) is 3.18. The molecule has 1 aliphatic heterocycles. The number of H-pyrrole nitrogens is 1. The number of carbonyl (C=O) groups is 1. The molecule has 2 heterocycles. The predicted octanol–water partition coefficient (Wildman–Crippen LogP) is 2.48. The molecular formula is C22H30N4O2. The van der Waals surface area contributed by atoms with Crippen molar-refractivity contribution in [3.05, 3.63) is 62.8 Å². The van der Waals surface area contributed by atoms with Crippen LogP contribution in [0.15, 0.2) is 29.1 Å². The van der Waals surface area contributed by atoms with E-state index in [-0.39, 0.29) is 17.9 Å². The fraction of sp³-hybridized carbons (Fsp3) is 0.500. The van der Waals surface area contributed by atoms with Crippen molar-refractivity contribution in [2.24, 2.45) is 5.92 Å². The molecule has 1 saturated heterocycles. The normalized spacial score (nSPS) is 17.5. The Hall–Kier alpha value is -2.47. The van der Waals surface area contributed by atoms with Crippen molar-refractivity contribution in [3.63, 3.8) is 0 Å². The Morgan fingerprint density at radius 2 is 2.04 bits per heavy atom. The van der Waals surface area contributed by atoms with Gasteiger partial charge in [-0.15, -0.1) is 0 Å². The fourth-order valence-electron chi connectivity index (χ4n) is 3.93. The predicted molar refractivity (Wildman–Crippen MR) is 110 cm³/mol. The lowest BCUT2D eigenvalue weighted by atomic mass is 9.99. The van der Waals surface area contributed by atoms with E-state index in [1.807, 2.05) is 6.07 Å². The average Bonchev–Trinajstić information content (AvgIpc) is 2.64. The molecule has 28 heavy (non-hydrogen) atoms. The largest absolute Gasteiger partial charge is 0.352 e. The zero-order valence-corrected chi connectivity index (χ0v) is 17.0. The van der Waals surface area contributed by atoms with Gasteiger partial charge in [-0.2, -0.15) is 0 Å². The molecule has 2 N–H and O–H groups in total. The minimum Gasteiger partial charge on any atom is -0.352 e. The zero-order chi connectivity index (χ0) is 20.1. The second kappa shape index (κ2) is 9.15. The van der Waals surface area contributed by atoms with Gasteiger partial charge < -0.3 is 10.3 Å². The first kappa shape index (κ1) is 20.3. The van der Waals surface area contributed by atoms with Crippen molar-refractivity contribution in [1.29, 1.82) is 0 Å². The van der Waals surface area contributed by atoms with Crippen LogP contribution in [-0.4, -0.2) is 33.9 Å². The summed E-state index contributed by atoms with van der Waals surface area (Å²) in [5.74, 6) is 1.14. The topological polar surface area (TPSA) is 78.1 Å². The summed E-state index contributed by atoms with van der Waals surface area (Å²) in [7, 11) is 0. The van der Waals surface area contributed by atoms with E-state index in [0.717, 1.165) is 31.1 Å². The van der Waals surface area contributed by atoms with E-state index in [9.17, 15) is 9.59 Å². The van der Waals surface area contributed by atoms with Gasteiger partial charge in [0.2, 0.25) is 5.91 Å². The van der Waals surface area contributed by atoms with Crippen LogP contribution in [0.3, 0.4) is 0 Å². The molecule has 150 valence electrons. The van der Waals surface area contributed by atoms with Gasteiger partial charge in [0.15, 0.2) is 0 Å². The summed E-state index contributed by atoms with van der Waals surface area (Å²) in [5, 5.41) is 2.96. The second-order valence-electron chi connectivity index (χ2n) is 7.92. The van der Waals surface area contributed by atoms with Crippen molar-refractivity contribution >= 4 is 5.91 Å². The number of aryl methyl sites for hydroxylation is 2. The van der Waals surface area contributed by atoms with Gasteiger partial charge in [0.1, 0.15) is 5.82 Å². The minimum atomic E-state index is -0.236. The summed E-state index contributed by atoms with van der Waals surface area (Å²) < 4.78 is 0. The average molecular weight is 383 g/mol. The van der Waals surface area contributed by atoms with Crippen LogP contribution in [-0.2, 0) is 24.3 Å². The Labute approximate surface area is 166 Å². The van der Waals surface area contributed by atoms with Gasteiger partial charge in [0.05, 0.1) is 6.42 Å². The van der Waals surface area contributed by atoms with Crippen LogP contribution in [0.5, 0.6) is 0 Å². The van der Waals surface area contributed by atoms with Crippen molar-refractivity contribution < 1.29 is 4.79 Å². The molecule has 0 aliphatic carbocycles. The number of aromatic amines is 1. The number of carbonyl (C=O) groups excluding carboxylic acids is 1. The number of piperidine rings is 1. The SMILES string of the molecule is Cc1nc(C)c(CC(=O)NCc2ccccc2CN2CCCC(C)C2)c(=O)[nH]1. The van der Waals surface area contributed by atoms with E-state index in [0.29, 0.717) is 23.6 Å². The number of nitrogens with zero attached hydrogens (tertiary/aromatic N) is 2. The Balaban J connectivity index is 1.62. The van der Waals surface area contributed by atoms with Crippen LogP contribution in [0.4, 0.5) is 0 Å². The van der Waals surface area contributed by atoms with Crippen LogP contribution in [0, 0.1) is 19.8 Å². The van der Waals surface area contributed by atoms with Crippen molar-refractivity contribution in [2.45, 2.75) is 53.1 Å². The highest BCUT2D eigenvalue weighted by molar-refractivity contribution is 5.78. The third-order valence-electron chi connectivity index (χ3n) is 5.41. The summed E-state index contributed by atoms with van der Waals surface area (Å²) in [6.45, 7) is 9.45. The maximum absolute atomic E-state index is 12.4. The summed E-state index contributed by atoms with van der Waals surface area (Å²) in [4.78, 5) is 33.9. The van der Waals surface area contributed by atoms with E-state index in [1.54, 1.807) is 13.8 Å². The van der Waals surface area contributed by atoms with Gasteiger partial charge in [0.25, 0.3) is 5.56 Å². The number of amides is 1. The zero-order valence-electron chi connectivity index (χ0n) is 17.0. The monoisotopic (exact) mass is 382 g/mol. The lowest BCUT2D eigenvalue weighted by Crippen LogP contribution is -2.34. The van der Waals surface area contributed by atoms with Crippen LogP contribution in [0.25, 0.3) is 0 Å². The first-order chi connectivity index (χ1) is 13.4. The maximum atomic E-state index is 12.4. The number of nitrogens with one attached hydrogen (secondary N) is 2. The van der Waals surface area contributed by atoms with Crippen LogP contribution >= 0.6 is 0 Å². The summed E-state index contributed by atoms with van der Waals surface area (Å²) >= 11 is 0. The highest BCUT2D eigenvalue weighted by Crippen LogP contribution is 2.19. The molecule has 1 aromatic carbocycles. The van der Waals surface area contributed by atoms with Crippen molar-refractivity contribution in [2.75, 3.05) is 13.1 Å². The third-order valence-corrected chi connectivity index (χ3v) is 5.41. The standard InChI is InChI=1S/C22H30N4O2/c1-15-7-6-10-26(13-15)14-19-9-5-4-8-18(19)12-23-21(27)11-20-16(2)24-17(3)25-22(20)28/h4-5,8-9,15H,6-7,10-14H2,1-3H3,(H,23,27)(H,24,25,28). The smallest absolute Gasteiger partial charge is 0.254 e. The van der Waals surface area contributed by atoms with E-state index in [2.05, 4.69) is 45.3 Å². The quantitative estimate of drug-likeness (QED) is 0.805. The maximum Gasteiger partial charge on any atom is 0.254 e. The first-order valence-electron chi connectivity index (χ1n) is 10.0. The Morgan fingerprint density at radius 1 is 1.29 bits per heavy atom. The first-order valence-corrected chi connectivity index (χ1v) is 10.0. The van der Waals surface area contributed by atoms with Crippen LogP contribution in [0.1, 0.15) is 48.0 Å². The molecule has 0 spiro atoms. The molecular weight excluding hydrogens is 352 g/mol. The Bertz CT molecular complexity index is 890. The molecule has 0 radical (unpaired) electrons. The van der Waals surface area contributed by atoms with Crippen LogP contribution < -0.4 is 10.9 Å². The molecule has 0 saturated carbocycles. The molecule has 1 amide bonds. The number of rotatable bonds is 6. The molecule has 1 unspecified atom stereocenters. The highest BCUT2D eigenvalue weighted by Gasteiger charge is 2.17. The number of benzene rings is 1. The highest BCUT2D eigenvalue weighted by atomic mass is 16.2. The fourth-order valence-corrected chi connectivity index (χ4v) is 3.93. The van der Waals surface area contributed by atoms with Gasteiger partial charge in [-0.3, -0.25) is 14.5 Å². The summed E-state index contributed by atoms with van der Waals surface area (Å²) in [6, 6.07) is 8.26. The Morgan fingerprint density at radius 3 is 2.75 bits per heavy atom. The van der Waals surface area contributed by atoms with Crippen molar-refractivity contribution in [3.8, 4) is 0 Å². The number of hydrogen-bond donors (Lipinski definition) is 2. The van der Waals surface area contributed by atoms with Crippen LogP contribution in [0.2, 0.25) is 0 Å². The van der Waals surface area contributed by atoms with E-state index in [1.165, 1.54) is 18.4 Å². The van der Waals surface area contributed by atoms with Crippen molar-refractivity contribution in [1.82, 2.24) is 20.2 Å². The van der Waals surface area contributed by atoms with Gasteiger partial charge in [-0.05, 0) is 50.3 Å². The molecule has 6 nitrogen and oxygen atoms in total. The third kappa shape index (κ3) is 5.29. The minimum absolute atomic E-state index is 0.0419. The number of hydrogen-bond acceptors (Lipinski definition) is 4. The Kier molecular flexibility index (Phi) is 6.62. The summed E-state index contributed by atoms with van der Waals surface area (Å²) in [6.07, 6.45) is 2.60. The van der Waals surface area contributed by atoms with E-state index in [4.69, 9.17) is 0 Å². The van der Waals surface area contributed by atoms with Gasteiger partial charge in [0, 0.05) is 30.9 Å². The van der Waals surface area contributed by atoms with Gasteiger partial charge in [-0.1, -0.05) is 31.2 Å². The molecule has 2 aromatic rings. The lowest BCUT2D eigenvalue weighted by molar-refractivity contribution is -0.120. The molecule has 1 aromatic heterocycles. The second-order valence-corrected chi connectivity index (χ2v) is 7.92. The number of likely N-dealkylation sites (tertiary alicyclic amines) is 1.